The van der Waals surface area contributed by atoms with Crippen molar-refractivity contribution in [1.29, 1.82) is 0 Å². The quantitative estimate of drug-likeness (QED) is 0.241. The van der Waals surface area contributed by atoms with Crippen LogP contribution in [0.15, 0.2) is 64.7 Å². The van der Waals surface area contributed by atoms with Gasteiger partial charge < -0.3 is 9.88 Å². The van der Waals surface area contributed by atoms with Crippen molar-refractivity contribution in [2.45, 2.75) is 30.1 Å². The summed E-state index contributed by atoms with van der Waals surface area (Å²) in [4.78, 5) is 12.4. The molecule has 0 bridgehead atoms. The fourth-order valence-electron chi connectivity index (χ4n) is 2.77. The van der Waals surface area contributed by atoms with Gasteiger partial charge in [0.05, 0.1) is 11.5 Å². The molecule has 5 nitrogen and oxygen atoms in total. The molecule has 3 rings (SSSR count). The number of hydrogen-bond donors (Lipinski definition) is 1. The largest absolute Gasteiger partial charge is 0.325 e. The van der Waals surface area contributed by atoms with Crippen LogP contribution in [-0.4, -0.2) is 26.4 Å². The lowest BCUT2D eigenvalue weighted by molar-refractivity contribution is -0.113. The predicted octanol–water partition coefficient (Wildman–Crippen LogP) is 6.35. The lowest BCUT2D eigenvalue weighted by Gasteiger charge is -2.10. The van der Waals surface area contributed by atoms with E-state index in [9.17, 15) is 4.79 Å². The number of rotatable bonds is 10. The summed E-state index contributed by atoms with van der Waals surface area (Å²) in [7, 11) is 0. The van der Waals surface area contributed by atoms with E-state index in [0.29, 0.717) is 17.5 Å². The van der Waals surface area contributed by atoms with Crippen LogP contribution < -0.4 is 5.32 Å². The minimum atomic E-state index is -0.0813. The molecule has 1 N–H and O–H groups in total. The maximum Gasteiger partial charge on any atom is 0.234 e. The molecular weight excluding hydrogens is 516 g/mol. The van der Waals surface area contributed by atoms with Crippen LogP contribution >= 0.6 is 51.1 Å². The number of carbonyl (C=O) groups is 1. The Balaban J connectivity index is 1.56. The van der Waals surface area contributed by atoms with Gasteiger partial charge in [-0.25, -0.2) is 0 Å². The summed E-state index contributed by atoms with van der Waals surface area (Å²) in [5, 5.41) is 13.0. The van der Waals surface area contributed by atoms with E-state index in [-0.39, 0.29) is 11.7 Å². The Morgan fingerprint density at radius 3 is 2.71 bits per heavy atom. The number of amides is 1. The van der Waals surface area contributed by atoms with Crippen molar-refractivity contribution < 1.29 is 4.79 Å². The van der Waals surface area contributed by atoms with Gasteiger partial charge in [0.2, 0.25) is 5.91 Å². The van der Waals surface area contributed by atoms with E-state index in [1.165, 1.54) is 17.3 Å². The third-order valence-corrected chi connectivity index (χ3v) is 7.02. The van der Waals surface area contributed by atoms with Crippen LogP contribution in [0.2, 0.25) is 5.02 Å². The molecule has 0 fully saturated rings. The van der Waals surface area contributed by atoms with Gasteiger partial charge in [-0.05, 0) is 48.4 Å². The topological polar surface area (TPSA) is 59.8 Å². The van der Waals surface area contributed by atoms with Gasteiger partial charge in [-0.2, -0.15) is 0 Å². The van der Waals surface area contributed by atoms with E-state index in [1.54, 1.807) is 11.8 Å². The molecule has 2 aromatic carbocycles. The lowest BCUT2D eigenvalue weighted by atomic mass is 10.2. The number of aryl methyl sites for hydroxylation is 1. The fraction of sp³-hybridized carbons (Fsp3) is 0.227. The second-order valence-corrected chi connectivity index (χ2v) is 9.99. The summed E-state index contributed by atoms with van der Waals surface area (Å²) < 4.78 is 2.99. The molecule has 0 radical (unpaired) electrons. The Bertz CT molecular complexity index is 1060. The predicted molar refractivity (Wildman–Crippen MR) is 135 cm³/mol. The third-order valence-electron chi connectivity index (χ3n) is 4.31. The lowest BCUT2D eigenvalue weighted by Crippen LogP contribution is -2.15. The molecule has 0 saturated carbocycles. The molecule has 1 amide bonds. The van der Waals surface area contributed by atoms with Gasteiger partial charge in [-0.3, -0.25) is 4.79 Å². The second kappa shape index (κ2) is 11.8. The van der Waals surface area contributed by atoms with Gasteiger partial charge in [0, 0.05) is 27.5 Å². The van der Waals surface area contributed by atoms with Gasteiger partial charge in [-0.15, -0.1) is 28.5 Å². The number of halogens is 2. The van der Waals surface area contributed by atoms with E-state index < -0.39 is 0 Å². The number of aromatic nitrogens is 3. The summed E-state index contributed by atoms with van der Waals surface area (Å²) >= 11 is 12.5. The number of nitrogens with one attached hydrogen (secondary N) is 1. The first kappa shape index (κ1) is 23.9. The van der Waals surface area contributed by atoms with Crippen molar-refractivity contribution in [3.05, 3.63) is 81.6 Å². The van der Waals surface area contributed by atoms with E-state index in [4.69, 9.17) is 11.6 Å². The monoisotopic (exact) mass is 536 g/mol. The van der Waals surface area contributed by atoms with Gasteiger partial charge in [0.25, 0.3) is 0 Å². The normalized spacial score (nSPS) is 10.8. The highest BCUT2D eigenvalue weighted by molar-refractivity contribution is 9.10. The molecule has 0 unspecified atom stereocenters. The fourth-order valence-corrected chi connectivity index (χ4v) is 5.06. The van der Waals surface area contributed by atoms with Crippen LogP contribution in [-0.2, 0) is 22.8 Å². The van der Waals surface area contributed by atoms with Crippen LogP contribution in [0.25, 0.3) is 0 Å². The number of thioether (sulfide) groups is 2. The number of nitrogens with zero attached hydrogens (tertiary/aromatic N) is 3. The summed E-state index contributed by atoms with van der Waals surface area (Å²) in [5.74, 6) is 2.61. The molecule has 0 aliphatic carbocycles. The van der Waals surface area contributed by atoms with Crippen molar-refractivity contribution >= 4 is 62.6 Å². The second-order valence-electron chi connectivity index (χ2n) is 6.71. The minimum absolute atomic E-state index is 0.0813. The van der Waals surface area contributed by atoms with E-state index in [1.807, 2.05) is 60.0 Å². The average molecular weight is 538 g/mol. The maximum absolute atomic E-state index is 12.4. The first-order valence-corrected chi connectivity index (χ1v) is 12.8. The number of hydrogen-bond acceptors (Lipinski definition) is 5. The van der Waals surface area contributed by atoms with Crippen LogP contribution in [0.4, 0.5) is 5.69 Å². The Kier molecular flexibility index (Phi) is 9.07. The summed E-state index contributed by atoms with van der Waals surface area (Å²) in [6.07, 6.45) is 1.81. The molecule has 3 aromatic rings. The molecule has 31 heavy (non-hydrogen) atoms. The molecule has 0 aliphatic heterocycles. The van der Waals surface area contributed by atoms with E-state index in [0.717, 1.165) is 32.3 Å². The summed E-state index contributed by atoms with van der Waals surface area (Å²) in [6, 6.07) is 13.6. The summed E-state index contributed by atoms with van der Waals surface area (Å²) in [6.45, 7) is 6.39. The van der Waals surface area contributed by atoms with Crippen molar-refractivity contribution in [2.75, 3.05) is 11.1 Å². The van der Waals surface area contributed by atoms with Gasteiger partial charge in [0.1, 0.15) is 5.82 Å². The molecule has 0 atom stereocenters. The first-order valence-electron chi connectivity index (χ1n) is 9.50. The van der Waals surface area contributed by atoms with Gasteiger partial charge in [-0.1, -0.05) is 57.5 Å². The van der Waals surface area contributed by atoms with Crippen molar-refractivity contribution in [2.24, 2.45) is 0 Å². The number of anilines is 1. The van der Waals surface area contributed by atoms with Crippen LogP contribution in [0, 0.1) is 6.92 Å². The van der Waals surface area contributed by atoms with E-state index >= 15 is 0 Å². The standard InChI is InChI=1S/C22H22BrClN4OS2/c1-3-10-28-20(13-30-12-16-4-7-18(24)8-5-16)26-27-22(28)31-14-21(29)25-19-9-6-17(23)11-15(19)2/h3-9,11H,1,10,12-14H2,2H3,(H,25,29). The van der Waals surface area contributed by atoms with Crippen LogP contribution in [0.3, 0.4) is 0 Å². The Morgan fingerprint density at radius 2 is 2.00 bits per heavy atom. The van der Waals surface area contributed by atoms with Crippen molar-refractivity contribution in [1.82, 2.24) is 14.8 Å². The summed E-state index contributed by atoms with van der Waals surface area (Å²) in [5.41, 5.74) is 3.02. The van der Waals surface area contributed by atoms with Crippen LogP contribution in [0.1, 0.15) is 17.0 Å². The van der Waals surface area contributed by atoms with Crippen molar-refractivity contribution in [3.63, 3.8) is 0 Å². The Labute approximate surface area is 204 Å². The molecule has 162 valence electrons. The molecule has 0 saturated heterocycles. The Hall–Kier alpha value is -1.74. The Morgan fingerprint density at radius 1 is 1.23 bits per heavy atom. The van der Waals surface area contributed by atoms with Crippen LogP contribution in [0.5, 0.6) is 0 Å². The SMILES string of the molecule is C=CCn1c(CSCc2ccc(Cl)cc2)nnc1SCC(=O)Nc1ccc(Br)cc1C. The molecule has 0 spiro atoms. The first-order chi connectivity index (χ1) is 15.0. The number of allylic oxidation sites excluding steroid dienone is 1. The molecule has 1 aromatic heterocycles. The third kappa shape index (κ3) is 7.14. The number of carbonyl (C=O) groups excluding carboxylic acids is 1. The average Bonchev–Trinajstić information content (AvgIpc) is 3.12. The molecular formula is C22H22BrClN4OS2. The number of benzene rings is 2. The molecule has 1 heterocycles. The molecule has 0 aliphatic rings. The van der Waals surface area contributed by atoms with Gasteiger partial charge in [0.15, 0.2) is 5.16 Å². The zero-order valence-corrected chi connectivity index (χ0v) is 21.0. The van der Waals surface area contributed by atoms with Gasteiger partial charge >= 0.3 is 0 Å². The molecule has 9 heteroatoms. The smallest absolute Gasteiger partial charge is 0.234 e. The zero-order chi connectivity index (χ0) is 22.2. The highest BCUT2D eigenvalue weighted by Crippen LogP contribution is 2.24. The highest BCUT2D eigenvalue weighted by Gasteiger charge is 2.14. The maximum atomic E-state index is 12.4. The zero-order valence-electron chi connectivity index (χ0n) is 17.0. The van der Waals surface area contributed by atoms with Crippen molar-refractivity contribution in [3.8, 4) is 0 Å². The van der Waals surface area contributed by atoms with E-state index in [2.05, 4.69) is 38.0 Å². The minimum Gasteiger partial charge on any atom is -0.325 e. The highest BCUT2D eigenvalue weighted by atomic mass is 79.9.